The molecule has 0 saturated carbocycles. The SMILES string of the molecule is CCCCC/C=C\C/C=C\C/C=C\CCCCCCCCC(=O)NC(COC1OC(CO)C(OC2OC(CO)C(OC3OC(CO)C(O)C(O)C3O)C(O)C2O)C(O)C1O)C(O)/C=C/CC/C=C/CC/C=C/CCCCCCCCCCCCCCCCCCC. The van der Waals surface area contributed by atoms with Gasteiger partial charge in [0.1, 0.15) is 73.2 Å². The fourth-order valence-corrected chi connectivity index (χ4v) is 11.6. The second kappa shape index (κ2) is 53.4. The summed E-state index contributed by atoms with van der Waals surface area (Å²) in [7, 11) is 0. The molecule has 17 atom stereocenters. The summed E-state index contributed by atoms with van der Waals surface area (Å²) in [5.41, 5.74) is 0. The third-order valence-corrected chi connectivity index (χ3v) is 17.5. The quantitative estimate of drug-likeness (QED) is 0.0199. The van der Waals surface area contributed by atoms with Crippen molar-refractivity contribution in [1.29, 1.82) is 0 Å². The van der Waals surface area contributed by atoms with Gasteiger partial charge < -0.3 is 89.9 Å². The number of nitrogens with one attached hydrogen (secondary N) is 1. The van der Waals surface area contributed by atoms with E-state index in [4.69, 9.17) is 28.4 Å². The first-order chi connectivity index (χ1) is 44.3. The summed E-state index contributed by atoms with van der Waals surface area (Å²) in [6, 6.07) is -1.01. The van der Waals surface area contributed by atoms with Crippen LogP contribution in [0.1, 0.15) is 245 Å². The maximum atomic E-state index is 13.4. The molecular formula is C72H127NO18. The number of unbranched alkanes of at least 4 members (excludes halogenated alkanes) is 28. The van der Waals surface area contributed by atoms with Crippen LogP contribution in [0, 0.1) is 0 Å². The molecule has 17 unspecified atom stereocenters. The van der Waals surface area contributed by atoms with E-state index in [1.807, 2.05) is 6.08 Å². The lowest BCUT2D eigenvalue weighted by Crippen LogP contribution is -2.66. The van der Waals surface area contributed by atoms with Gasteiger partial charge in [0, 0.05) is 6.42 Å². The van der Waals surface area contributed by atoms with Crippen LogP contribution in [0.3, 0.4) is 0 Å². The summed E-state index contributed by atoms with van der Waals surface area (Å²) in [6.45, 7) is 1.68. The van der Waals surface area contributed by atoms with Crippen molar-refractivity contribution in [2.75, 3.05) is 26.4 Å². The second-order valence-corrected chi connectivity index (χ2v) is 25.3. The van der Waals surface area contributed by atoms with Gasteiger partial charge in [-0.05, 0) is 83.5 Å². The number of aliphatic hydroxyl groups excluding tert-OH is 11. The average Bonchev–Trinajstić information content (AvgIpc) is 0.886. The zero-order valence-corrected chi connectivity index (χ0v) is 55.8. The number of ether oxygens (including phenoxy) is 6. The van der Waals surface area contributed by atoms with Crippen molar-refractivity contribution in [1.82, 2.24) is 5.32 Å². The van der Waals surface area contributed by atoms with E-state index in [0.29, 0.717) is 12.8 Å². The van der Waals surface area contributed by atoms with Crippen LogP contribution >= 0.6 is 0 Å². The minimum atomic E-state index is -1.99. The number of carbonyl (C=O) groups excluding carboxylic acids is 1. The fourth-order valence-electron chi connectivity index (χ4n) is 11.6. The van der Waals surface area contributed by atoms with Crippen LogP contribution in [0.5, 0.6) is 0 Å². The predicted molar refractivity (Wildman–Crippen MR) is 355 cm³/mol. The van der Waals surface area contributed by atoms with Gasteiger partial charge in [0.05, 0.1) is 38.6 Å². The molecule has 91 heavy (non-hydrogen) atoms. The molecule has 3 aliphatic heterocycles. The van der Waals surface area contributed by atoms with E-state index in [-0.39, 0.29) is 18.9 Å². The lowest BCUT2D eigenvalue weighted by Gasteiger charge is -2.48. The first-order valence-corrected chi connectivity index (χ1v) is 35.7. The summed E-state index contributed by atoms with van der Waals surface area (Å²) in [4.78, 5) is 13.4. The van der Waals surface area contributed by atoms with Gasteiger partial charge in [0.2, 0.25) is 5.91 Å². The monoisotopic (exact) mass is 1290 g/mol. The van der Waals surface area contributed by atoms with Crippen molar-refractivity contribution in [3.05, 3.63) is 72.9 Å². The fraction of sp³-hybridized carbons (Fsp3) is 0.819. The zero-order valence-electron chi connectivity index (χ0n) is 55.8. The molecule has 19 nitrogen and oxygen atoms in total. The number of aliphatic hydroxyl groups is 11. The number of hydrogen-bond acceptors (Lipinski definition) is 18. The Balaban J connectivity index is 1.45. The van der Waals surface area contributed by atoms with E-state index in [0.717, 1.165) is 83.5 Å². The van der Waals surface area contributed by atoms with Gasteiger partial charge in [-0.2, -0.15) is 0 Å². The van der Waals surface area contributed by atoms with E-state index in [9.17, 15) is 61.0 Å². The highest BCUT2D eigenvalue weighted by molar-refractivity contribution is 5.76. The molecule has 3 saturated heterocycles. The molecule has 528 valence electrons. The number of allylic oxidation sites excluding steroid dienone is 11. The van der Waals surface area contributed by atoms with Crippen molar-refractivity contribution >= 4 is 5.91 Å². The highest BCUT2D eigenvalue weighted by Crippen LogP contribution is 2.33. The van der Waals surface area contributed by atoms with Gasteiger partial charge >= 0.3 is 0 Å². The smallest absolute Gasteiger partial charge is 0.220 e. The zero-order chi connectivity index (χ0) is 66.1. The van der Waals surface area contributed by atoms with Crippen LogP contribution in [0.25, 0.3) is 0 Å². The molecule has 0 aliphatic carbocycles. The minimum Gasteiger partial charge on any atom is -0.394 e. The molecule has 0 aromatic heterocycles. The molecule has 3 rings (SSSR count). The molecule has 19 heteroatoms. The van der Waals surface area contributed by atoms with Crippen molar-refractivity contribution < 1.29 is 89.4 Å². The molecule has 3 heterocycles. The second-order valence-electron chi connectivity index (χ2n) is 25.3. The van der Waals surface area contributed by atoms with Crippen molar-refractivity contribution in [2.24, 2.45) is 0 Å². The third kappa shape index (κ3) is 35.2. The predicted octanol–water partition coefficient (Wildman–Crippen LogP) is 9.72. The van der Waals surface area contributed by atoms with Crippen molar-refractivity contribution in [3.8, 4) is 0 Å². The Kier molecular flexibility index (Phi) is 48.4. The maximum Gasteiger partial charge on any atom is 0.220 e. The largest absolute Gasteiger partial charge is 0.394 e. The highest BCUT2D eigenvalue weighted by Gasteiger charge is 2.53. The number of hydrogen-bond donors (Lipinski definition) is 12. The van der Waals surface area contributed by atoms with Gasteiger partial charge in [-0.25, -0.2) is 0 Å². The first kappa shape index (κ1) is 82.5. The first-order valence-electron chi connectivity index (χ1n) is 35.7. The van der Waals surface area contributed by atoms with Crippen LogP contribution < -0.4 is 5.32 Å². The summed E-state index contributed by atoms with van der Waals surface area (Å²) in [5, 5.41) is 121. The Morgan fingerprint density at radius 3 is 1.20 bits per heavy atom. The van der Waals surface area contributed by atoms with Crippen LogP contribution in [0.4, 0.5) is 0 Å². The van der Waals surface area contributed by atoms with E-state index in [1.54, 1.807) is 6.08 Å². The van der Waals surface area contributed by atoms with Crippen LogP contribution in [0.2, 0.25) is 0 Å². The van der Waals surface area contributed by atoms with Gasteiger partial charge in [-0.15, -0.1) is 0 Å². The number of carbonyl (C=O) groups is 1. The van der Waals surface area contributed by atoms with E-state index < -0.39 is 124 Å². The van der Waals surface area contributed by atoms with Crippen molar-refractivity contribution in [2.45, 2.75) is 349 Å². The van der Waals surface area contributed by atoms with Crippen LogP contribution in [0.15, 0.2) is 72.9 Å². The highest BCUT2D eigenvalue weighted by atomic mass is 16.8. The van der Waals surface area contributed by atoms with Gasteiger partial charge in [-0.3, -0.25) is 4.79 Å². The standard InChI is InChI=1S/C72H127NO18/c1-3-5-7-9-11-13-15-17-19-21-23-24-25-26-27-28-29-30-32-33-35-37-39-41-43-45-47-49-56(77)55(73-60(78)50-48-46-44-42-40-38-36-34-31-22-20-18-16-14-12-10-8-6-4-2)54-86-70-66(84)63(81)68(58(52-75)88-70)91-72-67(85)64(82)69(59(53-76)89-72)90-71-65(83)62(80)61(79)57(51-74)87-71/h12,14,18,20,31-34,39,41,47,49,55-59,61-72,74-77,79-85H,3-11,13,15-17,19,21-30,35-38,40,42-46,48,50-54H2,1-2H3,(H,73,78)/b14-12-,20-18-,33-32+,34-31-,41-39+,49-47+. The summed E-state index contributed by atoms with van der Waals surface area (Å²) in [6.07, 6.45) is 40.2. The molecule has 1 amide bonds. The lowest BCUT2D eigenvalue weighted by atomic mass is 9.96. The van der Waals surface area contributed by atoms with Gasteiger partial charge in [0.15, 0.2) is 18.9 Å². The normalized spacial score (nSPS) is 28.3. The van der Waals surface area contributed by atoms with Crippen molar-refractivity contribution in [3.63, 3.8) is 0 Å². The molecule has 3 fully saturated rings. The number of rotatable bonds is 54. The van der Waals surface area contributed by atoms with Gasteiger partial charge in [-0.1, -0.05) is 228 Å². The third-order valence-electron chi connectivity index (χ3n) is 17.5. The molecule has 3 aliphatic rings. The molecular weight excluding hydrogens is 1170 g/mol. The van der Waals surface area contributed by atoms with Gasteiger partial charge in [0.25, 0.3) is 0 Å². The molecule has 0 aromatic carbocycles. The topological polar surface area (TPSA) is 307 Å². The van der Waals surface area contributed by atoms with Crippen LogP contribution in [-0.4, -0.2) is 193 Å². The molecule has 0 bridgehead atoms. The Hall–Kier alpha value is -2.77. The molecule has 0 radical (unpaired) electrons. The molecule has 12 N–H and O–H groups in total. The van der Waals surface area contributed by atoms with Crippen LogP contribution in [-0.2, 0) is 33.2 Å². The van der Waals surface area contributed by atoms with E-state index >= 15 is 0 Å². The lowest BCUT2D eigenvalue weighted by molar-refractivity contribution is -0.379. The molecule has 0 aromatic rings. The number of amides is 1. The summed E-state index contributed by atoms with van der Waals surface area (Å²) < 4.78 is 34.3. The minimum absolute atomic E-state index is 0.214. The Labute approximate surface area is 547 Å². The summed E-state index contributed by atoms with van der Waals surface area (Å²) >= 11 is 0. The van der Waals surface area contributed by atoms with E-state index in [1.165, 1.54) is 128 Å². The average molecular weight is 1290 g/mol. The Morgan fingerprint density at radius 1 is 0.396 bits per heavy atom. The molecule has 0 spiro atoms. The maximum absolute atomic E-state index is 13.4. The Morgan fingerprint density at radius 2 is 0.736 bits per heavy atom. The Bertz CT molecular complexity index is 1930. The summed E-state index contributed by atoms with van der Waals surface area (Å²) in [5.74, 6) is -0.303. The van der Waals surface area contributed by atoms with E-state index in [2.05, 4.69) is 79.9 Å².